The third kappa shape index (κ3) is 3.68. The van der Waals surface area contributed by atoms with Crippen LogP contribution >= 0.6 is 0 Å². The molecule has 1 aromatic rings. The van der Waals surface area contributed by atoms with Crippen LogP contribution in [0.4, 0.5) is 0 Å². The molecule has 0 bridgehead atoms. The van der Waals surface area contributed by atoms with E-state index in [9.17, 15) is 0 Å². The second-order valence-corrected chi connectivity index (χ2v) is 9.81. The summed E-state index contributed by atoms with van der Waals surface area (Å²) in [4.78, 5) is 0. The predicted octanol–water partition coefficient (Wildman–Crippen LogP) is 1.20. The van der Waals surface area contributed by atoms with Crippen molar-refractivity contribution in [2.45, 2.75) is 66.2 Å². The Labute approximate surface area is 209 Å². The Balaban J connectivity index is 0.00000140. The quantitative estimate of drug-likeness (QED) is 0.528. The molecule has 3 aliphatic carbocycles. The van der Waals surface area contributed by atoms with Crippen LogP contribution in [-0.4, -0.2) is 0 Å². The summed E-state index contributed by atoms with van der Waals surface area (Å²) < 4.78 is 0. The van der Waals surface area contributed by atoms with E-state index in [0.717, 1.165) is 6.42 Å². The van der Waals surface area contributed by atoms with E-state index in [1.807, 2.05) is 0 Å². The van der Waals surface area contributed by atoms with Gasteiger partial charge in [-0.05, 0) is 36.2 Å². The van der Waals surface area contributed by atoms with Gasteiger partial charge in [0.15, 0.2) is 0 Å². The summed E-state index contributed by atoms with van der Waals surface area (Å²) in [6.45, 7) is 14.9. The molecule has 0 heterocycles. The number of hydrogen-bond acceptors (Lipinski definition) is 0. The third-order valence-corrected chi connectivity index (χ3v) is 8.21. The van der Waals surface area contributed by atoms with Gasteiger partial charge >= 0.3 is 26.2 Å². The van der Waals surface area contributed by atoms with Gasteiger partial charge < -0.3 is 24.8 Å². The Hall–Kier alpha value is -0.227. The number of rotatable bonds is 2. The molecule has 155 valence electrons. The summed E-state index contributed by atoms with van der Waals surface area (Å²) in [7, 11) is 0. The van der Waals surface area contributed by atoms with Gasteiger partial charge in [0.1, 0.15) is 0 Å². The molecule has 0 N–H and O–H groups in total. The zero-order chi connectivity index (χ0) is 18.7. The van der Waals surface area contributed by atoms with Crippen LogP contribution in [0.3, 0.4) is 0 Å². The van der Waals surface area contributed by atoms with Crippen LogP contribution in [0.5, 0.6) is 0 Å². The summed E-state index contributed by atoms with van der Waals surface area (Å²) >= 11 is 0. The molecule has 0 saturated carbocycles. The molecule has 29 heavy (non-hydrogen) atoms. The summed E-state index contributed by atoms with van der Waals surface area (Å²) in [6, 6.07) is 11.3. The topological polar surface area (TPSA) is 0 Å². The van der Waals surface area contributed by atoms with Gasteiger partial charge in [-0.3, -0.25) is 0 Å². The predicted molar refractivity (Wildman–Crippen MR) is 112 cm³/mol. The Morgan fingerprint density at radius 2 is 1.59 bits per heavy atom. The molecule has 3 heteroatoms. The molecule has 2 atom stereocenters. The fraction of sp³-hybridized carbons (Fsp3) is 0.500. The van der Waals surface area contributed by atoms with E-state index in [-0.39, 0.29) is 67.3 Å². The zero-order valence-corrected chi connectivity index (χ0v) is 22.5. The molecule has 3 aliphatic rings. The van der Waals surface area contributed by atoms with Crippen molar-refractivity contribution in [2.24, 2.45) is 16.7 Å². The Bertz CT molecular complexity index is 816. The largest absolute Gasteiger partial charge is 3.00 e. The molecule has 4 rings (SSSR count). The van der Waals surface area contributed by atoms with Gasteiger partial charge in [-0.2, -0.15) is 11.6 Å². The summed E-state index contributed by atoms with van der Waals surface area (Å²) in [5, 5.41) is 0. The normalized spacial score (nSPS) is 28.7. The van der Waals surface area contributed by atoms with Gasteiger partial charge in [-0.1, -0.05) is 88.8 Å². The molecule has 0 spiro atoms. The maximum atomic E-state index is 2.52. The minimum absolute atomic E-state index is 0. The molecule has 1 aromatic carbocycles. The molecule has 0 amide bonds. The van der Waals surface area contributed by atoms with Crippen molar-refractivity contribution in [3.63, 3.8) is 0 Å². The molecule has 0 nitrogen and oxygen atoms in total. The van der Waals surface area contributed by atoms with Crippen molar-refractivity contribution >= 4 is 0 Å². The first-order valence-electron chi connectivity index (χ1n) is 10.3. The second kappa shape index (κ2) is 9.10. The van der Waals surface area contributed by atoms with Crippen molar-refractivity contribution < 1.29 is 51.0 Å². The first-order chi connectivity index (χ1) is 12.2. The third-order valence-electron chi connectivity index (χ3n) is 8.21. The Kier molecular flexibility index (Phi) is 8.41. The van der Waals surface area contributed by atoms with Crippen LogP contribution < -0.4 is 24.8 Å². The fourth-order valence-corrected chi connectivity index (χ4v) is 6.05. The van der Waals surface area contributed by atoms with Crippen LogP contribution in [0, 0.1) is 22.7 Å². The number of halogens is 2. The zero-order valence-electron chi connectivity index (χ0n) is 18.6. The summed E-state index contributed by atoms with van der Waals surface area (Å²) in [5.74, 6) is 2.31. The van der Waals surface area contributed by atoms with Gasteiger partial charge in [0.25, 0.3) is 0 Å². The molecule has 0 saturated heterocycles. The van der Waals surface area contributed by atoms with Gasteiger partial charge in [0, 0.05) is 0 Å². The van der Waals surface area contributed by atoms with Crippen LogP contribution in [0.2, 0.25) is 0 Å². The molecule has 1 radical (unpaired) electrons. The standard InChI is InChI=1S/C26H33.2ClH.Zr/c1-18-16-17-21-22(19-12-10-11-13-19)24(2,3)25(4,5)23(21)26(18,6)20-14-8-7-9-15-20;;;/h7-12,14-15,18H,13,16-17H2,1-6H3;2*1H;/q-1;;;+3/p-2. The van der Waals surface area contributed by atoms with Gasteiger partial charge in [0.05, 0.1) is 0 Å². The van der Waals surface area contributed by atoms with E-state index in [1.54, 1.807) is 22.6 Å². The maximum absolute atomic E-state index is 2.52. The molecule has 0 aromatic heterocycles. The van der Waals surface area contributed by atoms with Crippen LogP contribution in [0.25, 0.3) is 0 Å². The Morgan fingerprint density at radius 3 is 2.14 bits per heavy atom. The number of benzene rings is 1. The average molecular weight is 508 g/mol. The number of allylic oxidation sites excluding steroid dienone is 6. The molecular weight excluding hydrogens is 474 g/mol. The van der Waals surface area contributed by atoms with Gasteiger partial charge in [-0.25, -0.2) is 0 Å². The second-order valence-electron chi connectivity index (χ2n) is 9.81. The van der Waals surface area contributed by atoms with E-state index < -0.39 is 0 Å². The molecular formula is C26H33Cl2Zr. The van der Waals surface area contributed by atoms with E-state index in [4.69, 9.17) is 0 Å². The van der Waals surface area contributed by atoms with Crippen LogP contribution in [0.15, 0.2) is 65.3 Å². The van der Waals surface area contributed by atoms with Crippen molar-refractivity contribution in [2.75, 3.05) is 0 Å². The molecule has 0 fully saturated rings. The van der Waals surface area contributed by atoms with E-state index >= 15 is 0 Å². The Morgan fingerprint density at radius 1 is 0.966 bits per heavy atom. The van der Waals surface area contributed by atoms with E-state index in [1.165, 1.54) is 18.4 Å². The van der Waals surface area contributed by atoms with Crippen molar-refractivity contribution in [1.29, 1.82) is 0 Å². The average Bonchev–Trinajstić information content (AvgIpc) is 3.17. The van der Waals surface area contributed by atoms with Crippen LogP contribution in [-0.2, 0) is 31.6 Å². The summed E-state index contributed by atoms with van der Waals surface area (Å²) in [6.07, 6.45) is 10.5. The maximum Gasteiger partial charge on any atom is 3.00 e. The smallest absolute Gasteiger partial charge is 1.00 e. The SMILES string of the molecule is CC1CCC2=C(C1(C)c1ccccc1)C(C)(C)C(C)(C)[C-]2C1=CC=CC1.[Cl-].[Cl-].[Zr+3]. The molecule has 2 unspecified atom stereocenters. The van der Waals surface area contributed by atoms with Crippen LogP contribution in [0.1, 0.15) is 66.4 Å². The van der Waals surface area contributed by atoms with Gasteiger partial charge in [0.2, 0.25) is 0 Å². The van der Waals surface area contributed by atoms with E-state index in [0.29, 0.717) is 5.92 Å². The molecule has 0 aliphatic heterocycles. The van der Waals surface area contributed by atoms with Gasteiger partial charge in [-0.15, -0.1) is 23.1 Å². The van der Waals surface area contributed by atoms with Crippen molar-refractivity contribution in [3.05, 3.63) is 76.8 Å². The minimum atomic E-state index is 0. The first-order valence-corrected chi connectivity index (χ1v) is 10.3. The fourth-order valence-electron chi connectivity index (χ4n) is 6.05. The minimum Gasteiger partial charge on any atom is -1.00 e. The first kappa shape index (κ1) is 26.8. The monoisotopic (exact) mass is 505 g/mol. The number of hydrogen-bond donors (Lipinski definition) is 0. The van der Waals surface area contributed by atoms with Crippen molar-refractivity contribution in [1.82, 2.24) is 0 Å². The summed E-state index contributed by atoms with van der Waals surface area (Å²) in [5.41, 5.74) is 6.86. The van der Waals surface area contributed by atoms with E-state index in [2.05, 4.69) is 90.1 Å². The van der Waals surface area contributed by atoms with Crippen molar-refractivity contribution in [3.8, 4) is 0 Å².